The number of ether oxygens (including phenoxy) is 2. The van der Waals surface area contributed by atoms with Gasteiger partial charge in [0.05, 0.1) is 17.8 Å². The number of aliphatic hydroxyl groups is 1. The lowest BCUT2D eigenvalue weighted by molar-refractivity contribution is -0.0275. The molecule has 0 aliphatic carbocycles. The summed E-state index contributed by atoms with van der Waals surface area (Å²) >= 11 is 0. The molecule has 2 aromatic carbocycles. The molecule has 0 unspecified atom stereocenters. The van der Waals surface area contributed by atoms with E-state index in [1.807, 2.05) is 52.0 Å². The molecule has 0 saturated carbocycles. The first-order valence-corrected chi connectivity index (χ1v) is 11.9. The van der Waals surface area contributed by atoms with E-state index in [2.05, 4.69) is 41.1 Å². The molecule has 0 radical (unpaired) electrons. The van der Waals surface area contributed by atoms with Crippen LogP contribution >= 0.6 is 24.8 Å². The fourth-order valence-electron chi connectivity index (χ4n) is 4.14. The lowest BCUT2D eigenvalue weighted by atomic mass is 9.88. The molecule has 0 bridgehead atoms. The maximum Gasteiger partial charge on any atom is 0.119 e. The van der Waals surface area contributed by atoms with E-state index in [0.29, 0.717) is 0 Å². The molecule has 0 amide bonds. The first-order valence-electron chi connectivity index (χ1n) is 11.9. The van der Waals surface area contributed by atoms with Crippen LogP contribution in [0.1, 0.15) is 52.5 Å². The standard InChI is InChI=1S/C27H40N2O3.2ClH/c1-21(2)31-25-10-6-23(7-11-25)20-29-18-15-27(30,16-19-29)14-17-28(5)24-8-12-26(13-9-24)32-22(3)4;;/h6-13,21-22,30H,14-20H2,1-5H3;2*1H. The molecule has 34 heavy (non-hydrogen) atoms. The lowest BCUT2D eigenvalue weighted by Gasteiger charge is -2.39. The molecule has 0 aromatic heterocycles. The van der Waals surface area contributed by atoms with Crippen molar-refractivity contribution >= 4 is 30.5 Å². The highest BCUT2D eigenvalue weighted by Crippen LogP contribution is 2.28. The van der Waals surface area contributed by atoms with Crippen LogP contribution in [-0.2, 0) is 6.54 Å². The number of piperidine rings is 1. The number of anilines is 1. The highest BCUT2D eigenvalue weighted by atomic mass is 35.5. The second-order valence-electron chi connectivity index (χ2n) is 9.64. The third-order valence-electron chi connectivity index (χ3n) is 6.05. The number of hydrogen-bond donors (Lipinski definition) is 1. The predicted octanol–water partition coefficient (Wildman–Crippen LogP) is 5.96. The Labute approximate surface area is 218 Å². The van der Waals surface area contributed by atoms with Crippen molar-refractivity contribution < 1.29 is 14.6 Å². The van der Waals surface area contributed by atoms with Gasteiger partial charge in [-0.2, -0.15) is 0 Å². The number of hydrogen-bond acceptors (Lipinski definition) is 5. The van der Waals surface area contributed by atoms with E-state index in [1.54, 1.807) is 0 Å². The van der Waals surface area contributed by atoms with Gasteiger partial charge < -0.3 is 19.5 Å². The van der Waals surface area contributed by atoms with E-state index in [-0.39, 0.29) is 37.0 Å². The van der Waals surface area contributed by atoms with E-state index < -0.39 is 5.60 Å². The van der Waals surface area contributed by atoms with Crippen LogP contribution in [0, 0.1) is 0 Å². The van der Waals surface area contributed by atoms with Crippen LogP contribution in [0.15, 0.2) is 48.5 Å². The largest absolute Gasteiger partial charge is 0.491 e. The first-order chi connectivity index (χ1) is 15.2. The Bertz CT molecular complexity index is 821. The summed E-state index contributed by atoms with van der Waals surface area (Å²) in [7, 11) is 2.09. The van der Waals surface area contributed by atoms with Gasteiger partial charge in [0.15, 0.2) is 0 Å². The zero-order valence-electron chi connectivity index (χ0n) is 21.2. The molecule has 1 fully saturated rings. The molecule has 5 nitrogen and oxygen atoms in total. The Morgan fingerprint density at radius 2 is 1.32 bits per heavy atom. The number of rotatable bonds is 10. The van der Waals surface area contributed by atoms with E-state index >= 15 is 0 Å². The van der Waals surface area contributed by atoms with Crippen LogP contribution < -0.4 is 14.4 Å². The van der Waals surface area contributed by atoms with E-state index in [1.165, 1.54) is 5.56 Å². The number of benzene rings is 2. The normalized spacial score (nSPS) is 15.4. The number of nitrogens with zero attached hydrogens (tertiary/aromatic N) is 2. The zero-order chi connectivity index (χ0) is 23.1. The minimum atomic E-state index is -0.583. The molecule has 1 saturated heterocycles. The topological polar surface area (TPSA) is 45.2 Å². The molecule has 2 aromatic rings. The van der Waals surface area contributed by atoms with Gasteiger partial charge in [0.1, 0.15) is 11.5 Å². The molecule has 1 heterocycles. The molecule has 1 aliphatic rings. The van der Waals surface area contributed by atoms with Crippen LogP contribution in [0.2, 0.25) is 0 Å². The third-order valence-corrected chi connectivity index (χ3v) is 6.05. The molecule has 1 N–H and O–H groups in total. The van der Waals surface area contributed by atoms with E-state index in [0.717, 1.165) is 62.6 Å². The van der Waals surface area contributed by atoms with E-state index in [9.17, 15) is 5.11 Å². The highest BCUT2D eigenvalue weighted by Gasteiger charge is 2.32. The lowest BCUT2D eigenvalue weighted by Crippen LogP contribution is -2.45. The zero-order valence-corrected chi connectivity index (χ0v) is 22.8. The van der Waals surface area contributed by atoms with Gasteiger partial charge in [0, 0.05) is 38.9 Å². The molecule has 0 atom stereocenters. The van der Waals surface area contributed by atoms with Gasteiger partial charge >= 0.3 is 0 Å². The molecule has 0 spiro atoms. The van der Waals surface area contributed by atoms with Crippen molar-refractivity contribution in [3.8, 4) is 11.5 Å². The molecule has 3 rings (SSSR count). The summed E-state index contributed by atoms with van der Waals surface area (Å²) in [4.78, 5) is 4.65. The summed E-state index contributed by atoms with van der Waals surface area (Å²) in [5.41, 5.74) is 1.85. The van der Waals surface area contributed by atoms with Crippen molar-refractivity contribution in [3.05, 3.63) is 54.1 Å². The number of likely N-dealkylation sites (tertiary alicyclic amines) is 1. The van der Waals surface area contributed by atoms with Gasteiger partial charge in [-0.25, -0.2) is 0 Å². The maximum absolute atomic E-state index is 11.1. The van der Waals surface area contributed by atoms with E-state index in [4.69, 9.17) is 9.47 Å². The van der Waals surface area contributed by atoms with Crippen LogP contribution in [0.4, 0.5) is 5.69 Å². The number of halogens is 2. The maximum atomic E-state index is 11.1. The van der Waals surface area contributed by atoms with Crippen molar-refractivity contribution in [2.75, 3.05) is 31.6 Å². The minimum absolute atomic E-state index is 0. The van der Waals surface area contributed by atoms with Crippen molar-refractivity contribution in [3.63, 3.8) is 0 Å². The van der Waals surface area contributed by atoms with Crippen LogP contribution in [-0.4, -0.2) is 54.5 Å². The quantitative estimate of drug-likeness (QED) is 0.425. The van der Waals surface area contributed by atoms with Gasteiger partial charge in [0.2, 0.25) is 0 Å². The molecule has 7 heteroatoms. The fraction of sp³-hybridized carbons (Fsp3) is 0.556. The Balaban J connectivity index is 0.00000289. The van der Waals surface area contributed by atoms with Crippen molar-refractivity contribution in [2.24, 2.45) is 0 Å². The summed E-state index contributed by atoms with van der Waals surface area (Å²) < 4.78 is 11.5. The smallest absolute Gasteiger partial charge is 0.119 e. The van der Waals surface area contributed by atoms with Crippen molar-refractivity contribution in [1.29, 1.82) is 0 Å². The summed E-state index contributed by atoms with van der Waals surface area (Å²) in [5.74, 6) is 1.81. The molecular weight excluding hydrogens is 471 g/mol. The Hall–Kier alpha value is -1.66. The Morgan fingerprint density at radius 1 is 0.853 bits per heavy atom. The van der Waals surface area contributed by atoms with Crippen LogP contribution in [0.3, 0.4) is 0 Å². The Kier molecular flexibility index (Phi) is 12.5. The van der Waals surface area contributed by atoms with Gasteiger partial charge in [-0.05, 0) is 88.9 Å². The second kappa shape index (κ2) is 14.0. The van der Waals surface area contributed by atoms with Gasteiger partial charge in [-0.3, -0.25) is 4.90 Å². The summed E-state index contributed by atoms with van der Waals surface area (Å²) in [6.45, 7) is 11.7. The predicted molar refractivity (Wildman–Crippen MR) is 146 cm³/mol. The second-order valence-corrected chi connectivity index (χ2v) is 9.64. The fourth-order valence-corrected chi connectivity index (χ4v) is 4.14. The molecule has 192 valence electrons. The summed E-state index contributed by atoms with van der Waals surface area (Å²) in [5, 5.41) is 11.1. The van der Waals surface area contributed by atoms with Gasteiger partial charge in [-0.1, -0.05) is 12.1 Å². The van der Waals surface area contributed by atoms with Crippen molar-refractivity contribution in [2.45, 2.75) is 71.3 Å². The van der Waals surface area contributed by atoms with Crippen LogP contribution in [0.25, 0.3) is 0 Å². The SMILES string of the molecule is CC(C)Oc1ccc(CN2CCC(O)(CCN(C)c3ccc(OC(C)C)cc3)CC2)cc1.Cl.Cl. The summed E-state index contributed by atoms with van der Waals surface area (Å²) in [6, 6.07) is 16.6. The van der Waals surface area contributed by atoms with Gasteiger partial charge in [0.25, 0.3) is 0 Å². The minimum Gasteiger partial charge on any atom is -0.491 e. The third kappa shape index (κ3) is 9.53. The molecular formula is C27H42Cl2N2O3. The summed E-state index contributed by atoms with van der Waals surface area (Å²) in [6.07, 6.45) is 2.78. The Morgan fingerprint density at radius 3 is 1.79 bits per heavy atom. The average Bonchev–Trinajstić information content (AvgIpc) is 2.75. The average molecular weight is 514 g/mol. The van der Waals surface area contributed by atoms with Crippen LogP contribution in [0.5, 0.6) is 11.5 Å². The monoisotopic (exact) mass is 512 g/mol. The molecule has 1 aliphatic heterocycles. The van der Waals surface area contributed by atoms with Crippen molar-refractivity contribution in [1.82, 2.24) is 4.90 Å². The first kappa shape index (κ1) is 30.4. The highest BCUT2D eigenvalue weighted by molar-refractivity contribution is 5.85. The van der Waals surface area contributed by atoms with Gasteiger partial charge in [-0.15, -0.1) is 24.8 Å².